The molecule has 0 amide bonds. The maximum Gasteiger partial charge on any atom is 0.0181 e. The van der Waals surface area contributed by atoms with Crippen LogP contribution < -0.4 is 0 Å². The molecule has 0 aliphatic heterocycles. The van der Waals surface area contributed by atoms with E-state index >= 15 is 0 Å². The van der Waals surface area contributed by atoms with Gasteiger partial charge in [0.15, 0.2) is 0 Å². The molecule has 0 fully saturated rings. The Morgan fingerprint density at radius 2 is 1.83 bits per heavy atom. The molecule has 0 aromatic carbocycles. The molecule has 1 heteroatoms. The van der Waals surface area contributed by atoms with Crippen LogP contribution in [0, 0.1) is 0 Å². The predicted molar refractivity (Wildman–Crippen MR) is 58.2 cm³/mol. The maximum atomic E-state index is 3.92. The van der Waals surface area contributed by atoms with E-state index in [1.807, 2.05) is 31.2 Å². The van der Waals surface area contributed by atoms with Gasteiger partial charge in [0.1, 0.15) is 0 Å². The van der Waals surface area contributed by atoms with Crippen LogP contribution in [0.2, 0.25) is 0 Å². The minimum absolute atomic E-state index is 0.991. The van der Waals surface area contributed by atoms with Crippen LogP contribution in [0.5, 0.6) is 0 Å². The second-order valence-corrected chi connectivity index (χ2v) is 3.71. The highest BCUT2D eigenvalue weighted by Gasteiger charge is 1.97. The molecule has 1 aliphatic carbocycles. The van der Waals surface area contributed by atoms with Crippen LogP contribution in [-0.2, 0) is 0 Å². The third kappa shape index (κ3) is 2.35. The van der Waals surface area contributed by atoms with Crippen molar-refractivity contribution in [2.75, 3.05) is 0 Å². The second kappa shape index (κ2) is 3.72. The van der Waals surface area contributed by atoms with Crippen molar-refractivity contribution in [3.8, 4) is 0 Å². The number of allylic oxidation sites excluding steroid dienone is 8. The van der Waals surface area contributed by atoms with Gasteiger partial charge in [-0.05, 0) is 35.8 Å². The van der Waals surface area contributed by atoms with Gasteiger partial charge in [-0.25, -0.2) is 0 Å². The molecule has 0 aromatic heterocycles. The molecule has 0 saturated heterocycles. The topological polar surface area (TPSA) is 0 Å². The molecule has 0 saturated carbocycles. The summed E-state index contributed by atoms with van der Waals surface area (Å²) in [4.78, 5) is 0. The highest BCUT2D eigenvalue weighted by Crippen LogP contribution is 2.19. The normalized spacial score (nSPS) is 18.2. The van der Waals surface area contributed by atoms with Crippen LogP contribution in [0.15, 0.2) is 58.7 Å². The summed E-state index contributed by atoms with van der Waals surface area (Å²) >= 11 is 3.40. The summed E-state index contributed by atoms with van der Waals surface area (Å²) in [6.07, 6.45) is 7.96. The third-order valence-corrected chi connectivity index (χ3v) is 2.17. The van der Waals surface area contributed by atoms with Gasteiger partial charge in [0.2, 0.25) is 0 Å². The average Bonchev–Trinajstić information content (AvgIpc) is 1.98. The summed E-state index contributed by atoms with van der Waals surface area (Å²) in [7, 11) is 0. The average molecular weight is 223 g/mol. The van der Waals surface area contributed by atoms with Crippen LogP contribution in [0.1, 0.15) is 6.92 Å². The molecule has 0 heterocycles. The van der Waals surface area contributed by atoms with Crippen molar-refractivity contribution in [1.29, 1.82) is 0 Å². The second-order valence-electron chi connectivity index (χ2n) is 2.79. The van der Waals surface area contributed by atoms with Crippen molar-refractivity contribution >= 4 is 15.9 Å². The summed E-state index contributed by atoms with van der Waals surface area (Å²) in [6.45, 7) is 9.85. The van der Waals surface area contributed by atoms with Crippen molar-refractivity contribution in [3.05, 3.63) is 58.7 Å². The van der Waals surface area contributed by atoms with Gasteiger partial charge in [-0.2, -0.15) is 0 Å². The molecular weight excluding hydrogens is 212 g/mol. The molecule has 1 rings (SSSR count). The first-order valence-corrected chi connectivity index (χ1v) is 4.50. The number of hydrogen-bond donors (Lipinski definition) is 0. The number of halogens is 1. The molecule has 1 aliphatic rings. The summed E-state index contributed by atoms with van der Waals surface area (Å²) < 4.78 is 1.03. The quantitative estimate of drug-likeness (QED) is 0.584. The Hall–Kier alpha value is -0.820. The summed E-state index contributed by atoms with van der Waals surface area (Å²) in [5, 5.41) is 0. The highest BCUT2D eigenvalue weighted by molar-refractivity contribution is 9.11. The molecular formula is C11H11Br. The lowest BCUT2D eigenvalue weighted by Crippen LogP contribution is -1.83. The minimum atomic E-state index is 0.991. The van der Waals surface area contributed by atoms with Gasteiger partial charge < -0.3 is 0 Å². The van der Waals surface area contributed by atoms with Crippen molar-refractivity contribution in [1.82, 2.24) is 0 Å². The van der Waals surface area contributed by atoms with E-state index in [-0.39, 0.29) is 0 Å². The Morgan fingerprint density at radius 3 is 2.50 bits per heavy atom. The zero-order valence-corrected chi connectivity index (χ0v) is 8.69. The fraction of sp³-hybridized carbons (Fsp3) is 0.0909. The van der Waals surface area contributed by atoms with E-state index in [1.165, 1.54) is 0 Å². The van der Waals surface area contributed by atoms with Gasteiger partial charge in [-0.1, -0.05) is 41.2 Å². The summed E-state index contributed by atoms with van der Waals surface area (Å²) in [6, 6.07) is 0. The SMILES string of the molecule is C=C1C=C(Br)C=CC(=C)C(C)=C1. The van der Waals surface area contributed by atoms with E-state index in [0.717, 1.165) is 21.2 Å². The van der Waals surface area contributed by atoms with E-state index in [1.54, 1.807) is 0 Å². The van der Waals surface area contributed by atoms with Gasteiger partial charge in [-0.15, -0.1) is 0 Å². The van der Waals surface area contributed by atoms with Crippen molar-refractivity contribution < 1.29 is 0 Å². The smallest absolute Gasteiger partial charge is 0.0181 e. The van der Waals surface area contributed by atoms with Crippen LogP contribution in [0.25, 0.3) is 0 Å². The van der Waals surface area contributed by atoms with Gasteiger partial charge in [0.05, 0.1) is 0 Å². The van der Waals surface area contributed by atoms with Crippen molar-refractivity contribution in [2.45, 2.75) is 6.92 Å². The highest BCUT2D eigenvalue weighted by atomic mass is 79.9. The Morgan fingerprint density at radius 1 is 1.17 bits per heavy atom. The molecule has 0 radical (unpaired) electrons. The van der Waals surface area contributed by atoms with Gasteiger partial charge >= 0.3 is 0 Å². The fourth-order valence-electron chi connectivity index (χ4n) is 0.949. The van der Waals surface area contributed by atoms with Gasteiger partial charge in [0.25, 0.3) is 0 Å². The molecule has 0 atom stereocenters. The molecule has 0 nitrogen and oxygen atoms in total. The van der Waals surface area contributed by atoms with E-state index in [4.69, 9.17) is 0 Å². The van der Waals surface area contributed by atoms with Crippen molar-refractivity contribution in [3.63, 3.8) is 0 Å². The molecule has 0 unspecified atom stereocenters. The molecule has 0 spiro atoms. The molecule has 12 heavy (non-hydrogen) atoms. The molecule has 0 aromatic rings. The summed E-state index contributed by atoms with van der Waals surface area (Å²) in [5.74, 6) is 0. The first-order chi connectivity index (χ1) is 5.59. The molecule has 0 bridgehead atoms. The number of rotatable bonds is 0. The zero-order chi connectivity index (χ0) is 9.14. The van der Waals surface area contributed by atoms with Crippen molar-refractivity contribution in [2.24, 2.45) is 0 Å². The van der Waals surface area contributed by atoms with Crippen LogP contribution in [-0.4, -0.2) is 0 Å². The van der Waals surface area contributed by atoms with Gasteiger partial charge in [0, 0.05) is 4.48 Å². The first kappa shape index (κ1) is 9.27. The molecule has 0 N–H and O–H groups in total. The van der Waals surface area contributed by atoms with Crippen LogP contribution >= 0.6 is 15.9 Å². The fourth-order valence-corrected chi connectivity index (χ4v) is 1.38. The van der Waals surface area contributed by atoms with Crippen LogP contribution in [0.4, 0.5) is 0 Å². The van der Waals surface area contributed by atoms with Crippen LogP contribution in [0.3, 0.4) is 0 Å². The van der Waals surface area contributed by atoms with E-state index in [9.17, 15) is 0 Å². The Balaban J connectivity index is 3.11. The largest absolute Gasteiger partial charge is 0.0917 e. The summed E-state index contributed by atoms with van der Waals surface area (Å²) in [5.41, 5.74) is 3.18. The molecule has 62 valence electrons. The predicted octanol–water partition coefficient (Wildman–Crippen LogP) is 3.89. The van der Waals surface area contributed by atoms with E-state index in [0.29, 0.717) is 0 Å². The maximum absolute atomic E-state index is 3.92. The van der Waals surface area contributed by atoms with E-state index < -0.39 is 0 Å². The van der Waals surface area contributed by atoms with E-state index in [2.05, 4.69) is 29.1 Å². The lowest BCUT2D eigenvalue weighted by molar-refractivity contribution is 1.41. The Bertz CT molecular complexity index is 314. The standard InChI is InChI=1S/C11H11Br/c1-8-6-10(3)9(2)4-5-11(12)7-8/h4-7H,1-2H2,3H3. The monoisotopic (exact) mass is 222 g/mol. The zero-order valence-electron chi connectivity index (χ0n) is 7.10. The Labute approximate surface area is 81.8 Å². The third-order valence-electron chi connectivity index (χ3n) is 1.68. The van der Waals surface area contributed by atoms with Gasteiger partial charge in [-0.3, -0.25) is 0 Å². The lowest BCUT2D eigenvalue weighted by Gasteiger charge is -2.04. The first-order valence-electron chi connectivity index (χ1n) is 3.71. The lowest BCUT2D eigenvalue weighted by atomic mass is 10.0. The minimum Gasteiger partial charge on any atom is -0.0917 e. The Kier molecular flexibility index (Phi) is 2.88. The number of hydrogen-bond acceptors (Lipinski definition) is 0.